The van der Waals surface area contributed by atoms with Crippen LogP contribution in [-0.2, 0) is 26.0 Å². The van der Waals surface area contributed by atoms with E-state index < -0.39 is 15.9 Å². The fourth-order valence-corrected chi connectivity index (χ4v) is 6.43. The Labute approximate surface area is 225 Å². The van der Waals surface area contributed by atoms with Crippen LogP contribution >= 0.6 is 11.3 Å². The average molecular weight is 558 g/mol. The molecular weight excluding hydrogens is 526 g/mol. The SMILES string of the molecule is NC(N)=NCCCC(Cc1nccs1)NC(=O)CN1CCN(S(=O)(=O)c2ccc3ccccc3c2)CC1=O. The highest BCUT2D eigenvalue weighted by molar-refractivity contribution is 7.89. The number of fused-ring (bicyclic) bond motifs is 1. The van der Waals surface area contributed by atoms with Gasteiger partial charge in [0.2, 0.25) is 21.8 Å². The largest absolute Gasteiger partial charge is 0.370 e. The predicted octanol–water partition coefficient (Wildman–Crippen LogP) is 0.910. The molecule has 13 heteroatoms. The number of carbonyl (C=O) groups excluding carboxylic acids is 2. The average Bonchev–Trinajstić information content (AvgIpc) is 3.40. The van der Waals surface area contributed by atoms with E-state index in [4.69, 9.17) is 11.5 Å². The molecule has 1 saturated heterocycles. The zero-order chi connectivity index (χ0) is 27.1. The Morgan fingerprint density at radius 1 is 1.16 bits per heavy atom. The van der Waals surface area contributed by atoms with Gasteiger partial charge in [0.1, 0.15) is 0 Å². The van der Waals surface area contributed by atoms with Crippen molar-refractivity contribution in [1.29, 1.82) is 0 Å². The molecule has 0 aliphatic carbocycles. The van der Waals surface area contributed by atoms with Crippen LogP contribution in [0, 0.1) is 0 Å². The van der Waals surface area contributed by atoms with Crippen molar-refractivity contribution in [1.82, 2.24) is 19.5 Å². The molecule has 1 aromatic heterocycles. The fraction of sp³-hybridized carbons (Fsp3) is 0.360. The van der Waals surface area contributed by atoms with Crippen molar-refractivity contribution < 1.29 is 18.0 Å². The number of hydrogen-bond acceptors (Lipinski definition) is 7. The number of benzene rings is 2. The summed E-state index contributed by atoms with van der Waals surface area (Å²) in [6.45, 7) is 0.211. The highest BCUT2D eigenvalue weighted by atomic mass is 32.2. The van der Waals surface area contributed by atoms with E-state index in [0.717, 1.165) is 15.8 Å². The van der Waals surface area contributed by atoms with Crippen molar-refractivity contribution in [3.8, 4) is 0 Å². The first-order chi connectivity index (χ1) is 18.2. The smallest absolute Gasteiger partial charge is 0.243 e. The lowest BCUT2D eigenvalue weighted by molar-refractivity contribution is -0.138. The first-order valence-corrected chi connectivity index (χ1v) is 14.5. The Morgan fingerprint density at radius 2 is 1.95 bits per heavy atom. The van der Waals surface area contributed by atoms with Crippen LogP contribution in [0.1, 0.15) is 17.8 Å². The number of rotatable bonds is 11. The third-order valence-corrected chi connectivity index (χ3v) is 8.89. The summed E-state index contributed by atoms with van der Waals surface area (Å²) in [5.74, 6) is -0.710. The molecule has 11 nitrogen and oxygen atoms in total. The summed E-state index contributed by atoms with van der Waals surface area (Å²) in [5.41, 5.74) is 10.8. The monoisotopic (exact) mass is 557 g/mol. The maximum atomic E-state index is 13.2. The van der Waals surface area contributed by atoms with Gasteiger partial charge in [0, 0.05) is 43.7 Å². The molecular formula is C25H31N7O4S2. The van der Waals surface area contributed by atoms with E-state index in [0.29, 0.717) is 25.8 Å². The molecule has 1 fully saturated rings. The Bertz CT molecular complexity index is 1410. The van der Waals surface area contributed by atoms with Crippen LogP contribution in [0.5, 0.6) is 0 Å². The van der Waals surface area contributed by atoms with Crippen LogP contribution in [0.25, 0.3) is 10.8 Å². The van der Waals surface area contributed by atoms with Gasteiger partial charge in [0.15, 0.2) is 5.96 Å². The zero-order valence-electron chi connectivity index (χ0n) is 20.8. The number of hydrogen-bond donors (Lipinski definition) is 3. The van der Waals surface area contributed by atoms with Crippen molar-refractivity contribution in [2.75, 3.05) is 32.7 Å². The van der Waals surface area contributed by atoms with E-state index in [1.165, 1.54) is 20.5 Å². The Balaban J connectivity index is 1.34. The summed E-state index contributed by atoms with van der Waals surface area (Å²) in [6, 6.07) is 12.2. The van der Waals surface area contributed by atoms with E-state index in [2.05, 4.69) is 15.3 Å². The molecule has 202 valence electrons. The number of nitrogens with one attached hydrogen (secondary N) is 1. The third kappa shape index (κ3) is 7.05. The summed E-state index contributed by atoms with van der Waals surface area (Å²) in [6.07, 6.45) is 3.56. The Morgan fingerprint density at radius 3 is 2.66 bits per heavy atom. The number of amides is 2. The van der Waals surface area contributed by atoms with Gasteiger partial charge in [-0.25, -0.2) is 13.4 Å². The summed E-state index contributed by atoms with van der Waals surface area (Å²) in [7, 11) is -3.85. The molecule has 2 aromatic carbocycles. The van der Waals surface area contributed by atoms with E-state index >= 15 is 0 Å². The minimum Gasteiger partial charge on any atom is -0.370 e. The summed E-state index contributed by atoms with van der Waals surface area (Å²) in [4.78, 5) is 35.5. The number of piperazine rings is 1. The van der Waals surface area contributed by atoms with Gasteiger partial charge in [0.05, 0.1) is 23.0 Å². The van der Waals surface area contributed by atoms with Crippen LogP contribution < -0.4 is 16.8 Å². The number of carbonyl (C=O) groups is 2. The normalized spacial score (nSPS) is 15.4. The molecule has 0 radical (unpaired) electrons. The Kier molecular flexibility index (Phi) is 8.92. The zero-order valence-corrected chi connectivity index (χ0v) is 22.5. The van der Waals surface area contributed by atoms with Gasteiger partial charge in [-0.15, -0.1) is 11.3 Å². The second-order valence-corrected chi connectivity index (χ2v) is 11.9. The van der Waals surface area contributed by atoms with Gasteiger partial charge < -0.3 is 21.7 Å². The molecule has 1 unspecified atom stereocenters. The van der Waals surface area contributed by atoms with Gasteiger partial charge in [-0.1, -0.05) is 30.3 Å². The number of nitrogens with zero attached hydrogens (tertiary/aromatic N) is 4. The van der Waals surface area contributed by atoms with Gasteiger partial charge in [-0.2, -0.15) is 4.31 Å². The lowest BCUT2D eigenvalue weighted by Crippen LogP contribution is -2.55. The second-order valence-electron chi connectivity index (χ2n) is 9.01. The summed E-state index contributed by atoms with van der Waals surface area (Å²) >= 11 is 1.50. The lowest BCUT2D eigenvalue weighted by Gasteiger charge is -2.33. The van der Waals surface area contributed by atoms with Crippen LogP contribution in [0.15, 0.2) is 63.9 Å². The number of sulfonamides is 1. The number of nitrogens with two attached hydrogens (primary N) is 2. The van der Waals surface area contributed by atoms with Crippen molar-refractivity contribution in [3.63, 3.8) is 0 Å². The topological polar surface area (TPSA) is 164 Å². The minimum absolute atomic E-state index is 0.0193. The van der Waals surface area contributed by atoms with Crippen molar-refractivity contribution in [2.24, 2.45) is 16.5 Å². The maximum Gasteiger partial charge on any atom is 0.243 e. The number of thiazole rings is 1. The first kappa shape index (κ1) is 27.5. The minimum atomic E-state index is -3.85. The maximum absolute atomic E-state index is 13.2. The molecule has 1 aliphatic heterocycles. The first-order valence-electron chi connectivity index (χ1n) is 12.2. The highest BCUT2D eigenvalue weighted by Crippen LogP contribution is 2.23. The predicted molar refractivity (Wildman–Crippen MR) is 147 cm³/mol. The fourth-order valence-electron chi connectivity index (χ4n) is 4.32. The molecule has 0 bridgehead atoms. The molecule has 0 saturated carbocycles. The van der Waals surface area contributed by atoms with Crippen LogP contribution in [0.2, 0.25) is 0 Å². The number of aromatic nitrogens is 1. The molecule has 38 heavy (non-hydrogen) atoms. The number of guanidine groups is 1. The van der Waals surface area contributed by atoms with E-state index in [-0.39, 0.29) is 49.0 Å². The van der Waals surface area contributed by atoms with E-state index in [1.54, 1.807) is 24.4 Å². The molecule has 4 rings (SSSR count). The standard InChI is InChI=1S/C25H31N7O4S2/c26-25(27)29-9-3-6-20(15-23-28-10-13-37-23)30-22(33)16-31-11-12-32(17-24(31)34)38(35,36)21-8-7-18-4-1-2-5-19(18)14-21/h1-2,4-5,7-8,10,13-14,20H,3,6,9,11-12,15-17H2,(H,30,33)(H4,26,27,29). The van der Waals surface area contributed by atoms with Crippen LogP contribution in [-0.4, -0.2) is 79.1 Å². The number of aliphatic imine (C=N–C) groups is 1. The Hall–Kier alpha value is -3.55. The van der Waals surface area contributed by atoms with Gasteiger partial charge >= 0.3 is 0 Å². The lowest BCUT2D eigenvalue weighted by atomic mass is 10.1. The van der Waals surface area contributed by atoms with Gasteiger partial charge in [-0.3, -0.25) is 14.6 Å². The van der Waals surface area contributed by atoms with Crippen LogP contribution in [0.3, 0.4) is 0 Å². The van der Waals surface area contributed by atoms with Crippen molar-refractivity contribution in [2.45, 2.75) is 30.2 Å². The van der Waals surface area contributed by atoms with E-state index in [1.807, 2.05) is 29.6 Å². The quantitative estimate of drug-likeness (QED) is 0.179. The third-order valence-electron chi connectivity index (χ3n) is 6.25. The van der Waals surface area contributed by atoms with Gasteiger partial charge in [-0.05, 0) is 35.7 Å². The van der Waals surface area contributed by atoms with E-state index in [9.17, 15) is 18.0 Å². The molecule has 1 aliphatic rings. The second kappa shape index (κ2) is 12.3. The molecule has 0 spiro atoms. The van der Waals surface area contributed by atoms with Crippen molar-refractivity contribution in [3.05, 3.63) is 59.0 Å². The van der Waals surface area contributed by atoms with Gasteiger partial charge in [0.25, 0.3) is 0 Å². The molecule has 5 N–H and O–H groups in total. The molecule has 2 amide bonds. The van der Waals surface area contributed by atoms with Crippen molar-refractivity contribution >= 4 is 49.9 Å². The molecule has 1 atom stereocenters. The summed E-state index contributed by atoms with van der Waals surface area (Å²) in [5, 5.41) is 7.49. The van der Waals surface area contributed by atoms with Crippen LogP contribution in [0.4, 0.5) is 0 Å². The summed E-state index contributed by atoms with van der Waals surface area (Å²) < 4.78 is 27.6. The molecule has 3 aromatic rings. The highest BCUT2D eigenvalue weighted by Gasteiger charge is 2.33. The molecule has 2 heterocycles.